The second-order valence-corrected chi connectivity index (χ2v) is 2.60. The molecule has 0 aromatic carbocycles. The van der Waals surface area contributed by atoms with Gasteiger partial charge >= 0.3 is 0 Å². The van der Waals surface area contributed by atoms with Crippen molar-refractivity contribution in [3.63, 3.8) is 0 Å². The largest absolute Gasteiger partial charge is 0.313 e. The van der Waals surface area contributed by atoms with Crippen LogP contribution >= 0.6 is 0 Å². The molecule has 0 aliphatic heterocycles. The van der Waals surface area contributed by atoms with Crippen LogP contribution in [0.4, 0.5) is 0 Å². The van der Waals surface area contributed by atoms with Gasteiger partial charge in [-0.05, 0) is 5.92 Å². The molecule has 0 spiro atoms. The third-order valence-corrected chi connectivity index (χ3v) is 1.17. The number of nitrogens with zero attached hydrogens (tertiary/aromatic N) is 2. The number of rotatable bonds is 2. The molecular formula is C8H12N2. The van der Waals surface area contributed by atoms with Crippen molar-refractivity contribution < 1.29 is 0 Å². The van der Waals surface area contributed by atoms with Gasteiger partial charge in [-0.3, -0.25) is 0 Å². The van der Waals surface area contributed by atoms with Gasteiger partial charge in [0.15, 0.2) is 0 Å². The second kappa shape index (κ2) is 3.20. The van der Waals surface area contributed by atoms with E-state index in [-0.39, 0.29) is 0 Å². The highest BCUT2D eigenvalue weighted by molar-refractivity contribution is 5.21. The van der Waals surface area contributed by atoms with Crippen molar-refractivity contribution in [2.24, 2.45) is 5.92 Å². The van der Waals surface area contributed by atoms with Crippen LogP contribution in [-0.2, 0) is 0 Å². The molecule has 1 rings (SSSR count). The fourth-order valence-electron chi connectivity index (χ4n) is 0.629. The SMILES string of the molecule is CC(C)C=Cn1ccnc1. The second-order valence-electron chi connectivity index (χ2n) is 2.60. The van der Waals surface area contributed by atoms with E-state index in [0.29, 0.717) is 5.92 Å². The Morgan fingerprint density at radius 1 is 1.50 bits per heavy atom. The summed E-state index contributed by atoms with van der Waals surface area (Å²) in [7, 11) is 0. The third kappa shape index (κ3) is 2.05. The van der Waals surface area contributed by atoms with Crippen LogP contribution in [0.5, 0.6) is 0 Å². The quantitative estimate of drug-likeness (QED) is 0.608. The van der Waals surface area contributed by atoms with Crippen molar-refractivity contribution in [1.29, 1.82) is 0 Å². The molecule has 0 saturated carbocycles. The van der Waals surface area contributed by atoms with Crippen molar-refractivity contribution in [3.8, 4) is 0 Å². The maximum atomic E-state index is 3.91. The van der Waals surface area contributed by atoms with Crippen molar-refractivity contribution in [2.75, 3.05) is 0 Å². The summed E-state index contributed by atoms with van der Waals surface area (Å²) in [4.78, 5) is 3.91. The monoisotopic (exact) mass is 136 g/mol. The lowest BCUT2D eigenvalue weighted by molar-refractivity contribution is 0.831. The molecule has 0 amide bonds. The number of aromatic nitrogens is 2. The number of imidazole rings is 1. The molecule has 1 heterocycles. The smallest absolute Gasteiger partial charge is 0.0986 e. The fraction of sp³-hybridized carbons (Fsp3) is 0.375. The summed E-state index contributed by atoms with van der Waals surface area (Å²) < 4.78 is 1.93. The molecule has 10 heavy (non-hydrogen) atoms. The highest BCUT2D eigenvalue weighted by Crippen LogP contribution is 1.95. The van der Waals surface area contributed by atoms with Gasteiger partial charge in [-0.2, -0.15) is 0 Å². The Kier molecular flexibility index (Phi) is 2.26. The summed E-state index contributed by atoms with van der Waals surface area (Å²) in [6.07, 6.45) is 9.60. The lowest BCUT2D eigenvalue weighted by Gasteiger charge is -1.93. The molecule has 54 valence electrons. The Morgan fingerprint density at radius 3 is 2.80 bits per heavy atom. The van der Waals surface area contributed by atoms with Crippen LogP contribution in [0, 0.1) is 5.92 Å². The Labute approximate surface area is 61.2 Å². The van der Waals surface area contributed by atoms with Gasteiger partial charge in [0, 0.05) is 18.6 Å². The van der Waals surface area contributed by atoms with Gasteiger partial charge in [-0.1, -0.05) is 19.9 Å². The minimum Gasteiger partial charge on any atom is -0.313 e. The van der Waals surface area contributed by atoms with Crippen LogP contribution in [0.1, 0.15) is 13.8 Å². The average molecular weight is 136 g/mol. The van der Waals surface area contributed by atoms with E-state index in [0.717, 1.165) is 0 Å². The predicted octanol–water partition coefficient (Wildman–Crippen LogP) is 2.01. The van der Waals surface area contributed by atoms with Crippen LogP contribution in [0.15, 0.2) is 24.8 Å². The Bertz CT molecular complexity index is 197. The number of hydrogen-bond donors (Lipinski definition) is 0. The Hall–Kier alpha value is -1.05. The minimum atomic E-state index is 0.599. The van der Waals surface area contributed by atoms with E-state index in [1.165, 1.54) is 0 Å². The first-order valence-electron chi connectivity index (χ1n) is 3.45. The van der Waals surface area contributed by atoms with Gasteiger partial charge in [0.2, 0.25) is 0 Å². The summed E-state index contributed by atoms with van der Waals surface area (Å²) in [6.45, 7) is 4.29. The molecule has 0 aliphatic carbocycles. The van der Waals surface area contributed by atoms with Crippen LogP contribution in [0.2, 0.25) is 0 Å². The fourth-order valence-corrected chi connectivity index (χ4v) is 0.629. The van der Waals surface area contributed by atoms with Crippen molar-refractivity contribution in [3.05, 3.63) is 24.8 Å². The van der Waals surface area contributed by atoms with E-state index in [4.69, 9.17) is 0 Å². The molecule has 0 saturated heterocycles. The maximum absolute atomic E-state index is 3.91. The van der Waals surface area contributed by atoms with Crippen molar-refractivity contribution >= 4 is 6.20 Å². The summed E-state index contributed by atoms with van der Waals surface area (Å²) in [5.74, 6) is 0.599. The van der Waals surface area contributed by atoms with E-state index < -0.39 is 0 Å². The van der Waals surface area contributed by atoms with E-state index in [2.05, 4.69) is 24.9 Å². The average Bonchev–Trinajstić information content (AvgIpc) is 2.34. The highest BCUT2D eigenvalue weighted by Gasteiger charge is 1.83. The standard InChI is InChI=1S/C8H12N2/c1-8(2)3-5-10-6-4-9-7-10/h3-8H,1-2H3. The first-order valence-corrected chi connectivity index (χ1v) is 3.45. The predicted molar refractivity (Wildman–Crippen MR) is 42.4 cm³/mol. The van der Waals surface area contributed by atoms with Gasteiger partial charge in [-0.25, -0.2) is 4.98 Å². The Balaban J connectivity index is 2.55. The molecule has 1 aromatic heterocycles. The first-order chi connectivity index (χ1) is 4.79. The Morgan fingerprint density at radius 2 is 2.30 bits per heavy atom. The van der Waals surface area contributed by atoms with Gasteiger partial charge < -0.3 is 4.57 Å². The molecule has 0 bridgehead atoms. The molecule has 1 aromatic rings. The molecule has 0 N–H and O–H groups in total. The third-order valence-electron chi connectivity index (χ3n) is 1.17. The van der Waals surface area contributed by atoms with E-state index in [1.807, 2.05) is 17.0 Å². The van der Waals surface area contributed by atoms with Crippen molar-refractivity contribution in [1.82, 2.24) is 9.55 Å². The first kappa shape index (κ1) is 7.06. The zero-order chi connectivity index (χ0) is 7.40. The minimum absolute atomic E-state index is 0.599. The van der Waals surface area contributed by atoms with Gasteiger partial charge in [0.05, 0.1) is 6.33 Å². The maximum Gasteiger partial charge on any atom is 0.0986 e. The normalized spacial score (nSPS) is 11.5. The van der Waals surface area contributed by atoms with E-state index >= 15 is 0 Å². The van der Waals surface area contributed by atoms with Gasteiger partial charge in [0.1, 0.15) is 0 Å². The summed E-state index contributed by atoms with van der Waals surface area (Å²) in [5.41, 5.74) is 0. The topological polar surface area (TPSA) is 17.8 Å². The van der Waals surface area contributed by atoms with Gasteiger partial charge in [-0.15, -0.1) is 0 Å². The van der Waals surface area contributed by atoms with E-state index in [1.54, 1.807) is 12.5 Å². The zero-order valence-corrected chi connectivity index (χ0v) is 6.36. The van der Waals surface area contributed by atoms with Crippen LogP contribution in [0.25, 0.3) is 6.20 Å². The summed E-state index contributed by atoms with van der Waals surface area (Å²) in [5, 5.41) is 0. The van der Waals surface area contributed by atoms with Gasteiger partial charge in [0.25, 0.3) is 0 Å². The molecular weight excluding hydrogens is 124 g/mol. The molecule has 0 fully saturated rings. The molecule has 0 radical (unpaired) electrons. The molecule has 2 nitrogen and oxygen atoms in total. The lowest BCUT2D eigenvalue weighted by atomic mass is 10.2. The van der Waals surface area contributed by atoms with Crippen molar-refractivity contribution in [2.45, 2.75) is 13.8 Å². The summed E-state index contributed by atoms with van der Waals surface area (Å²) >= 11 is 0. The highest BCUT2D eigenvalue weighted by atomic mass is 15.0. The molecule has 0 unspecified atom stereocenters. The molecule has 0 atom stereocenters. The van der Waals surface area contributed by atoms with E-state index in [9.17, 15) is 0 Å². The zero-order valence-electron chi connectivity index (χ0n) is 6.36. The van der Waals surface area contributed by atoms with Crippen LogP contribution in [0.3, 0.4) is 0 Å². The number of allylic oxidation sites excluding steroid dienone is 1. The molecule has 0 aliphatic rings. The molecule has 2 heteroatoms. The van der Waals surface area contributed by atoms with Crippen LogP contribution < -0.4 is 0 Å². The summed E-state index contributed by atoms with van der Waals surface area (Å²) in [6, 6.07) is 0. The number of hydrogen-bond acceptors (Lipinski definition) is 1. The van der Waals surface area contributed by atoms with Crippen LogP contribution in [-0.4, -0.2) is 9.55 Å². The lowest BCUT2D eigenvalue weighted by Crippen LogP contribution is -1.82.